The number of thioether (sulfide) groups is 1. The van der Waals surface area contributed by atoms with Gasteiger partial charge in [-0.15, -0.1) is 0 Å². The van der Waals surface area contributed by atoms with Gasteiger partial charge in [0.25, 0.3) is 0 Å². The number of aryl methyl sites for hydroxylation is 1. The number of aromatic carboxylic acids is 1. The Hall–Kier alpha value is -2.34. The molecule has 0 saturated carbocycles. The van der Waals surface area contributed by atoms with Gasteiger partial charge in [0.15, 0.2) is 5.16 Å². The molecule has 3 aromatic rings. The Labute approximate surface area is 125 Å². The molecule has 0 unspecified atom stereocenters. The molecule has 106 valence electrons. The van der Waals surface area contributed by atoms with E-state index in [1.54, 1.807) is 23.9 Å². The maximum Gasteiger partial charge on any atom is 0.337 e. The molecule has 0 bridgehead atoms. The van der Waals surface area contributed by atoms with Crippen LogP contribution < -0.4 is 0 Å². The van der Waals surface area contributed by atoms with Gasteiger partial charge >= 0.3 is 5.97 Å². The molecule has 0 saturated heterocycles. The molecule has 2 aromatic heterocycles. The van der Waals surface area contributed by atoms with Crippen LogP contribution in [0.3, 0.4) is 0 Å². The van der Waals surface area contributed by atoms with Crippen molar-refractivity contribution in [2.75, 3.05) is 0 Å². The molecule has 0 aliphatic carbocycles. The summed E-state index contributed by atoms with van der Waals surface area (Å²) in [6, 6.07) is 9.37. The Kier molecular flexibility index (Phi) is 3.62. The number of rotatable bonds is 4. The van der Waals surface area contributed by atoms with E-state index in [0.717, 1.165) is 21.9 Å². The van der Waals surface area contributed by atoms with Crippen LogP contribution >= 0.6 is 11.8 Å². The van der Waals surface area contributed by atoms with E-state index in [1.165, 1.54) is 11.8 Å². The maximum atomic E-state index is 10.8. The van der Waals surface area contributed by atoms with Crippen molar-refractivity contribution in [1.29, 1.82) is 0 Å². The normalized spacial score (nSPS) is 10.9. The van der Waals surface area contributed by atoms with Gasteiger partial charge < -0.3 is 10.1 Å². The third-order valence-corrected chi connectivity index (χ3v) is 3.95. The van der Waals surface area contributed by atoms with E-state index < -0.39 is 5.97 Å². The molecular formula is C15H13N3O2S. The number of carboxylic acids is 1. The van der Waals surface area contributed by atoms with Gasteiger partial charge in [-0.05, 0) is 36.8 Å². The Balaban J connectivity index is 1.72. The summed E-state index contributed by atoms with van der Waals surface area (Å²) < 4.78 is 0. The number of benzene rings is 1. The van der Waals surface area contributed by atoms with Crippen LogP contribution in [0.15, 0.2) is 41.7 Å². The van der Waals surface area contributed by atoms with Gasteiger partial charge in [0, 0.05) is 11.9 Å². The summed E-state index contributed by atoms with van der Waals surface area (Å²) in [7, 11) is 0. The molecule has 1 aromatic carbocycles. The zero-order chi connectivity index (χ0) is 14.8. The highest BCUT2D eigenvalue weighted by Gasteiger charge is 2.06. The third-order valence-electron chi connectivity index (χ3n) is 3.04. The summed E-state index contributed by atoms with van der Waals surface area (Å²) in [5, 5.41) is 9.66. The number of nitrogens with one attached hydrogen (secondary N) is 1. The minimum atomic E-state index is -0.964. The van der Waals surface area contributed by atoms with E-state index in [2.05, 4.69) is 21.0 Å². The molecule has 6 heteroatoms. The number of aromatic amines is 1. The first-order valence-electron chi connectivity index (χ1n) is 6.39. The summed E-state index contributed by atoms with van der Waals surface area (Å²) in [6.07, 6.45) is 1.38. The van der Waals surface area contributed by atoms with Gasteiger partial charge in [0.2, 0.25) is 0 Å². The molecule has 5 nitrogen and oxygen atoms in total. The molecule has 0 spiro atoms. The highest BCUT2D eigenvalue weighted by atomic mass is 32.2. The van der Waals surface area contributed by atoms with Crippen LogP contribution in [0.2, 0.25) is 0 Å². The SMILES string of the molecule is Cc1ccc2nc(SCc3ccc(C(=O)O)cn3)[nH]c2c1. The fraction of sp³-hybridized carbons (Fsp3) is 0.133. The summed E-state index contributed by atoms with van der Waals surface area (Å²) in [5.74, 6) is -0.326. The Morgan fingerprint density at radius 1 is 1.33 bits per heavy atom. The molecule has 0 amide bonds. The van der Waals surface area contributed by atoms with Gasteiger partial charge in [-0.2, -0.15) is 0 Å². The quantitative estimate of drug-likeness (QED) is 0.723. The second-order valence-corrected chi connectivity index (χ2v) is 5.66. The zero-order valence-corrected chi connectivity index (χ0v) is 12.1. The molecule has 3 rings (SSSR count). The lowest BCUT2D eigenvalue weighted by Gasteiger charge is -1.99. The molecular weight excluding hydrogens is 286 g/mol. The monoisotopic (exact) mass is 299 g/mol. The number of carboxylic acid groups (broad SMARTS) is 1. The predicted molar refractivity (Wildman–Crippen MR) is 81.6 cm³/mol. The second-order valence-electron chi connectivity index (χ2n) is 4.69. The van der Waals surface area contributed by atoms with Crippen LogP contribution in [0.5, 0.6) is 0 Å². The number of nitrogens with zero attached hydrogens (tertiary/aromatic N) is 2. The predicted octanol–water partition coefficient (Wildman–Crippen LogP) is 3.26. The molecule has 0 fully saturated rings. The molecule has 0 aliphatic rings. The average molecular weight is 299 g/mol. The van der Waals surface area contributed by atoms with Crippen LogP contribution in [-0.4, -0.2) is 26.0 Å². The summed E-state index contributed by atoms with van der Waals surface area (Å²) in [6.45, 7) is 2.04. The van der Waals surface area contributed by atoms with E-state index in [4.69, 9.17) is 5.11 Å². The van der Waals surface area contributed by atoms with E-state index in [1.807, 2.05) is 19.1 Å². The highest BCUT2D eigenvalue weighted by Crippen LogP contribution is 2.23. The van der Waals surface area contributed by atoms with Crippen LogP contribution in [0, 0.1) is 6.92 Å². The minimum absolute atomic E-state index is 0.197. The van der Waals surface area contributed by atoms with Gasteiger partial charge in [-0.3, -0.25) is 4.98 Å². The van der Waals surface area contributed by atoms with Crippen LogP contribution in [0.1, 0.15) is 21.6 Å². The number of imidazole rings is 1. The van der Waals surface area contributed by atoms with Crippen LogP contribution in [-0.2, 0) is 5.75 Å². The van der Waals surface area contributed by atoms with E-state index >= 15 is 0 Å². The largest absolute Gasteiger partial charge is 0.478 e. The van der Waals surface area contributed by atoms with Crippen molar-refractivity contribution in [2.45, 2.75) is 17.8 Å². The van der Waals surface area contributed by atoms with Gasteiger partial charge in [-0.25, -0.2) is 9.78 Å². The lowest BCUT2D eigenvalue weighted by molar-refractivity contribution is 0.0696. The van der Waals surface area contributed by atoms with Gasteiger partial charge in [0.05, 0.1) is 22.3 Å². The van der Waals surface area contributed by atoms with Crippen molar-refractivity contribution in [3.05, 3.63) is 53.3 Å². The van der Waals surface area contributed by atoms with E-state index in [-0.39, 0.29) is 5.56 Å². The van der Waals surface area contributed by atoms with Crippen molar-refractivity contribution < 1.29 is 9.90 Å². The summed E-state index contributed by atoms with van der Waals surface area (Å²) >= 11 is 1.54. The number of hydrogen-bond acceptors (Lipinski definition) is 4. The fourth-order valence-corrected chi connectivity index (χ4v) is 2.75. The van der Waals surface area contributed by atoms with E-state index in [0.29, 0.717) is 5.75 Å². The molecule has 21 heavy (non-hydrogen) atoms. The molecule has 0 aliphatic heterocycles. The Morgan fingerprint density at radius 2 is 2.19 bits per heavy atom. The van der Waals surface area contributed by atoms with Crippen molar-refractivity contribution >= 4 is 28.8 Å². The average Bonchev–Trinajstić information content (AvgIpc) is 2.87. The number of pyridine rings is 1. The molecule has 2 heterocycles. The number of aromatic nitrogens is 3. The number of fused-ring (bicyclic) bond motifs is 1. The Morgan fingerprint density at radius 3 is 2.90 bits per heavy atom. The number of hydrogen-bond donors (Lipinski definition) is 2. The first-order chi connectivity index (χ1) is 10.1. The number of carbonyl (C=O) groups is 1. The smallest absolute Gasteiger partial charge is 0.337 e. The van der Waals surface area contributed by atoms with E-state index in [9.17, 15) is 4.79 Å². The summed E-state index contributed by atoms with van der Waals surface area (Å²) in [4.78, 5) is 22.7. The molecule has 0 radical (unpaired) electrons. The van der Waals surface area contributed by atoms with Crippen molar-refractivity contribution in [1.82, 2.24) is 15.0 Å². The van der Waals surface area contributed by atoms with Gasteiger partial charge in [-0.1, -0.05) is 17.8 Å². The summed E-state index contributed by atoms with van der Waals surface area (Å²) in [5.41, 5.74) is 4.17. The Bertz CT molecular complexity index is 796. The van der Waals surface area contributed by atoms with Gasteiger partial charge in [0.1, 0.15) is 0 Å². The standard InChI is InChI=1S/C15H13N3O2S/c1-9-2-5-12-13(6-9)18-15(17-12)21-8-11-4-3-10(7-16-11)14(19)20/h2-7H,8H2,1H3,(H,17,18)(H,19,20). The van der Waals surface area contributed by atoms with Crippen molar-refractivity contribution in [2.24, 2.45) is 0 Å². The van der Waals surface area contributed by atoms with Crippen LogP contribution in [0.25, 0.3) is 11.0 Å². The highest BCUT2D eigenvalue weighted by molar-refractivity contribution is 7.98. The zero-order valence-electron chi connectivity index (χ0n) is 11.3. The van der Waals surface area contributed by atoms with Crippen molar-refractivity contribution in [3.63, 3.8) is 0 Å². The lowest BCUT2D eigenvalue weighted by Crippen LogP contribution is -1.98. The number of H-pyrrole nitrogens is 1. The fourth-order valence-electron chi connectivity index (χ4n) is 1.95. The maximum absolute atomic E-state index is 10.8. The topological polar surface area (TPSA) is 78.9 Å². The van der Waals surface area contributed by atoms with Crippen LogP contribution in [0.4, 0.5) is 0 Å². The molecule has 2 N–H and O–H groups in total. The minimum Gasteiger partial charge on any atom is -0.478 e. The first kappa shape index (κ1) is 13.6. The third kappa shape index (κ3) is 3.05. The lowest BCUT2D eigenvalue weighted by atomic mass is 10.2. The first-order valence-corrected chi connectivity index (χ1v) is 7.38. The van der Waals surface area contributed by atoms with Crippen molar-refractivity contribution in [3.8, 4) is 0 Å². The molecule has 0 atom stereocenters. The second kappa shape index (κ2) is 5.57.